The number of fused-ring (bicyclic) bond motifs is 2. The van der Waals surface area contributed by atoms with Gasteiger partial charge in [0.1, 0.15) is 16.8 Å². The molecule has 1 spiro atoms. The second-order valence-corrected chi connectivity index (χ2v) is 12.5. The zero-order valence-corrected chi connectivity index (χ0v) is 24.8. The summed E-state index contributed by atoms with van der Waals surface area (Å²) in [5.74, 6) is -0.574. The van der Waals surface area contributed by atoms with Crippen molar-refractivity contribution in [2.75, 3.05) is 31.1 Å². The smallest absolute Gasteiger partial charge is 0.258 e. The number of aryl methyl sites for hydroxylation is 1. The highest BCUT2D eigenvalue weighted by atomic mass is 35.5. The summed E-state index contributed by atoms with van der Waals surface area (Å²) in [6, 6.07) is 22.7. The molecule has 1 aromatic heterocycles. The Kier molecular flexibility index (Phi) is 8.17. The Hall–Kier alpha value is -3.52. The van der Waals surface area contributed by atoms with E-state index < -0.39 is 0 Å². The van der Waals surface area contributed by atoms with E-state index in [0.717, 1.165) is 53.5 Å². The lowest BCUT2D eigenvalue weighted by Gasteiger charge is -2.39. The molecular formula is C34H30ClF2N3OS. The van der Waals surface area contributed by atoms with Crippen LogP contribution in [0, 0.1) is 18.6 Å². The predicted octanol–water partition coefficient (Wildman–Crippen LogP) is 8.18. The van der Waals surface area contributed by atoms with Crippen LogP contribution in [0.15, 0.2) is 94.7 Å². The minimum Gasteiger partial charge on any atom is -0.307 e. The van der Waals surface area contributed by atoms with Gasteiger partial charge in [-0.05, 0) is 111 Å². The summed E-state index contributed by atoms with van der Waals surface area (Å²) in [4.78, 5) is 24.4. The molecule has 1 saturated heterocycles. The van der Waals surface area contributed by atoms with Crippen molar-refractivity contribution in [3.63, 3.8) is 0 Å². The molecule has 0 aliphatic carbocycles. The largest absolute Gasteiger partial charge is 0.307 e. The maximum absolute atomic E-state index is 13.9. The Bertz CT molecular complexity index is 1610. The molecule has 4 nitrogen and oxygen atoms in total. The van der Waals surface area contributed by atoms with Crippen molar-refractivity contribution >= 4 is 41.0 Å². The van der Waals surface area contributed by atoms with Crippen molar-refractivity contribution in [2.24, 2.45) is 0 Å². The summed E-state index contributed by atoms with van der Waals surface area (Å²) in [7, 11) is 0. The van der Waals surface area contributed by atoms with E-state index in [9.17, 15) is 13.6 Å². The Morgan fingerprint density at radius 1 is 0.952 bits per heavy atom. The van der Waals surface area contributed by atoms with Crippen LogP contribution in [0.5, 0.6) is 0 Å². The molecule has 0 saturated carbocycles. The van der Waals surface area contributed by atoms with E-state index in [2.05, 4.69) is 22.0 Å². The van der Waals surface area contributed by atoms with Crippen LogP contribution in [-0.4, -0.2) is 42.0 Å². The molecule has 214 valence electrons. The lowest BCUT2D eigenvalue weighted by Crippen LogP contribution is -2.46. The van der Waals surface area contributed by atoms with Gasteiger partial charge in [-0.2, -0.15) is 0 Å². The van der Waals surface area contributed by atoms with Crippen molar-refractivity contribution in [3.05, 3.63) is 124 Å². The van der Waals surface area contributed by atoms with Gasteiger partial charge in [-0.15, -0.1) is 0 Å². The monoisotopic (exact) mass is 601 g/mol. The lowest BCUT2D eigenvalue weighted by atomic mass is 9.74. The maximum Gasteiger partial charge on any atom is 0.258 e. The molecule has 1 fully saturated rings. The van der Waals surface area contributed by atoms with Crippen LogP contribution in [0.3, 0.4) is 0 Å². The molecule has 42 heavy (non-hydrogen) atoms. The Morgan fingerprint density at radius 3 is 2.31 bits per heavy atom. The number of benzene rings is 3. The molecule has 1 amide bonds. The number of nitrogens with zero attached hydrogens (tertiary/aromatic N) is 3. The minimum absolute atomic E-state index is 0.0795. The van der Waals surface area contributed by atoms with E-state index in [1.54, 1.807) is 48.2 Å². The Balaban J connectivity index is 1.25. The van der Waals surface area contributed by atoms with Crippen LogP contribution >= 0.6 is 23.4 Å². The van der Waals surface area contributed by atoms with Crippen LogP contribution in [0.25, 0.3) is 6.08 Å². The Morgan fingerprint density at radius 2 is 1.62 bits per heavy atom. The zero-order valence-electron chi connectivity index (χ0n) is 23.2. The first-order chi connectivity index (χ1) is 20.3. The number of carbonyl (C=O) groups is 1. The number of anilines is 1. The second kappa shape index (κ2) is 12.0. The van der Waals surface area contributed by atoms with Crippen LogP contribution in [0.4, 0.5) is 14.5 Å². The first-order valence-corrected chi connectivity index (χ1v) is 15.2. The van der Waals surface area contributed by atoms with Gasteiger partial charge in [0.25, 0.3) is 5.91 Å². The number of hydrogen-bond donors (Lipinski definition) is 0. The number of aromatic nitrogens is 1. The third-order valence-corrected chi connectivity index (χ3v) is 9.30. The first kappa shape index (κ1) is 28.6. The predicted molar refractivity (Wildman–Crippen MR) is 165 cm³/mol. The van der Waals surface area contributed by atoms with E-state index in [0.29, 0.717) is 23.0 Å². The van der Waals surface area contributed by atoms with Gasteiger partial charge in [0.15, 0.2) is 0 Å². The van der Waals surface area contributed by atoms with Crippen LogP contribution in [0.2, 0.25) is 5.15 Å². The average molecular weight is 602 g/mol. The molecule has 0 atom stereocenters. The molecule has 0 N–H and O–H groups in total. The maximum atomic E-state index is 13.9. The number of halogens is 3. The van der Waals surface area contributed by atoms with Crippen LogP contribution in [-0.2, 0) is 5.41 Å². The van der Waals surface area contributed by atoms with Gasteiger partial charge >= 0.3 is 0 Å². The van der Waals surface area contributed by atoms with Gasteiger partial charge < -0.3 is 4.90 Å². The van der Waals surface area contributed by atoms with Crippen molar-refractivity contribution in [3.8, 4) is 0 Å². The number of amides is 1. The zero-order chi connectivity index (χ0) is 29.3. The van der Waals surface area contributed by atoms with Crippen molar-refractivity contribution < 1.29 is 13.6 Å². The molecule has 2 aliphatic rings. The lowest BCUT2D eigenvalue weighted by molar-refractivity contribution is 0.0977. The van der Waals surface area contributed by atoms with Crippen molar-refractivity contribution in [1.82, 2.24) is 9.88 Å². The number of likely N-dealkylation sites (tertiary alicyclic amines) is 1. The molecule has 8 heteroatoms. The summed E-state index contributed by atoms with van der Waals surface area (Å²) >= 11 is 7.81. The molecule has 3 aromatic carbocycles. The highest BCUT2D eigenvalue weighted by molar-refractivity contribution is 7.99. The van der Waals surface area contributed by atoms with E-state index in [1.165, 1.54) is 29.8 Å². The van der Waals surface area contributed by atoms with E-state index in [1.807, 2.05) is 30.0 Å². The molecule has 3 heterocycles. The van der Waals surface area contributed by atoms with Gasteiger partial charge in [-0.1, -0.05) is 47.6 Å². The Labute approximate surface area is 254 Å². The summed E-state index contributed by atoms with van der Waals surface area (Å²) in [6.07, 6.45) is 5.97. The molecule has 2 aliphatic heterocycles. The molecule has 0 unspecified atom stereocenters. The fourth-order valence-electron chi connectivity index (χ4n) is 5.94. The number of piperidine rings is 1. The minimum atomic E-state index is -0.257. The van der Waals surface area contributed by atoms with Gasteiger partial charge in [-0.25, -0.2) is 13.8 Å². The highest BCUT2D eigenvalue weighted by Gasteiger charge is 2.46. The normalized spacial score (nSPS) is 16.3. The topological polar surface area (TPSA) is 36.4 Å². The van der Waals surface area contributed by atoms with E-state index in [-0.39, 0.29) is 23.0 Å². The molecule has 4 aromatic rings. The summed E-state index contributed by atoms with van der Waals surface area (Å²) in [5.41, 5.74) is 4.14. The van der Waals surface area contributed by atoms with Gasteiger partial charge in [0.2, 0.25) is 0 Å². The molecule has 6 rings (SSSR count). The standard InChI is InChI=1S/C34H30ClF2N3OS/c1-23-19-25(20-32(35)38-23)33(41)40-22-34(14-17-39(18-15-34)16-2-3-24-4-6-26(36)7-5-24)30-21-29(12-13-31(30)40)42-28-10-8-27(37)9-11-28/h2-13,19-21H,14-18,22H2,1H3/b3-2+. The van der Waals surface area contributed by atoms with Crippen LogP contribution in [0.1, 0.15) is 40.0 Å². The molecule has 0 radical (unpaired) electrons. The highest BCUT2D eigenvalue weighted by Crippen LogP contribution is 2.49. The fourth-order valence-corrected chi connectivity index (χ4v) is 7.05. The number of hydrogen-bond acceptors (Lipinski definition) is 4. The number of pyridine rings is 1. The van der Waals surface area contributed by atoms with Crippen molar-refractivity contribution in [2.45, 2.75) is 35.0 Å². The first-order valence-electron chi connectivity index (χ1n) is 14.0. The fraction of sp³-hybridized carbons (Fsp3) is 0.235. The van der Waals surface area contributed by atoms with E-state index >= 15 is 0 Å². The third kappa shape index (κ3) is 6.14. The molecule has 0 bridgehead atoms. The SMILES string of the molecule is Cc1cc(C(=O)N2CC3(CCN(C/C=C/c4ccc(F)cc4)CC3)c3cc(Sc4ccc(F)cc4)ccc32)cc(Cl)n1. The molecular weight excluding hydrogens is 572 g/mol. The van der Waals surface area contributed by atoms with Gasteiger partial charge in [0, 0.05) is 45.2 Å². The summed E-state index contributed by atoms with van der Waals surface area (Å²) in [6.45, 7) is 5.03. The number of rotatable bonds is 6. The quantitative estimate of drug-likeness (QED) is 0.209. The average Bonchev–Trinajstić information content (AvgIpc) is 3.28. The van der Waals surface area contributed by atoms with Crippen LogP contribution < -0.4 is 4.90 Å². The second-order valence-electron chi connectivity index (χ2n) is 11.0. The van der Waals surface area contributed by atoms with E-state index in [4.69, 9.17) is 11.6 Å². The number of carbonyl (C=O) groups excluding carboxylic acids is 1. The van der Waals surface area contributed by atoms with Crippen molar-refractivity contribution in [1.29, 1.82) is 0 Å². The summed E-state index contributed by atoms with van der Waals surface area (Å²) < 4.78 is 26.7. The third-order valence-electron chi connectivity index (χ3n) is 8.11. The summed E-state index contributed by atoms with van der Waals surface area (Å²) in [5, 5.41) is 0.306. The van der Waals surface area contributed by atoms with Gasteiger partial charge in [0.05, 0.1) is 0 Å². The van der Waals surface area contributed by atoms with Gasteiger partial charge in [-0.3, -0.25) is 9.69 Å².